The van der Waals surface area contributed by atoms with E-state index in [9.17, 15) is 9.90 Å². The van der Waals surface area contributed by atoms with Crippen LogP contribution in [0.5, 0.6) is 5.75 Å². The van der Waals surface area contributed by atoms with E-state index in [1.54, 1.807) is 38.1 Å². The van der Waals surface area contributed by atoms with Crippen LogP contribution in [0.3, 0.4) is 0 Å². The van der Waals surface area contributed by atoms with Crippen LogP contribution in [0.1, 0.15) is 27.0 Å². The molecule has 0 fully saturated rings. The molecule has 0 atom stereocenters. The summed E-state index contributed by atoms with van der Waals surface area (Å²) in [5.74, 6) is -0.192. The number of hydrazone groups is 1. The van der Waals surface area contributed by atoms with Gasteiger partial charge in [-0.3, -0.25) is 4.79 Å². The maximum absolute atomic E-state index is 12.0. The molecule has 0 saturated carbocycles. The quantitative estimate of drug-likeness (QED) is 0.655. The van der Waals surface area contributed by atoms with Gasteiger partial charge in [0, 0.05) is 5.02 Å². The number of halogens is 2. The van der Waals surface area contributed by atoms with E-state index < -0.39 is 5.91 Å². The molecule has 0 bridgehead atoms. The Morgan fingerprint density at radius 2 is 1.82 bits per heavy atom. The van der Waals surface area contributed by atoms with E-state index in [0.717, 1.165) is 16.7 Å². The van der Waals surface area contributed by atoms with Crippen molar-refractivity contribution in [1.82, 2.24) is 5.43 Å². The third kappa shape index (κ3) is 3.78. The van der Waals surface area contributed by atoms with Gasteiger partial charge in [0.15, 0.2) is 0 Å². The zero-order valence-corrected chi connectivity index (χ0v) is 13.5. The highest BCUT2D eigenvalue weighted by Gasteiger charge is 2.10. The average molecular weight is 337 g/mol. The fourth-order valence-electron chi connectivity index (χ4n) is 1.96. The van der Waals surface area contributed by atoms with E-state index in [4.69, 9.17) is 23.2 Å². The van der Waals surface area contributed by atoms with Crippen molar-refractivity contribution in [3.8, 4) is 5.75 Å². The molecule has 22 heavy (non-hydrogen) atoms. The second kappa shape index (κ2) is 6.81. The molecular formula is C16H14Cl2N2O2. The van der Waals surface area contributed by atoms with Crippen molar-refractivity contribution in [2.75, 3.05) is 0 Å². The maximum Gasteiger partial charge on any atom is 0.272 e. The van der Waals surface area contributed by atoms with Crippen molar-refractivity contribution in [1.29, 1.82) is 0 Å². The molecule has 0 aliphatic carbocycles. The van der Waals surface area contributed by atoms with Gasteiger partial charge >= 0.3 is 0 Å². The fourth-order valence-corrected chi connectivity index (χ4v) is 2.34. The van der Waals surface area contributed by atoms with E-state index in [-0.39, 0.29) is 11.3 Å². The fraction of sp³-hybridized carbons (Fsp3) is 0.125. The van der Waals surface area contributed by atoms with Gasteiger partial charge in [0.2, 0.25) is 0 Å². The lowest BCUT2D eigenvalue weighted by atomic mass is 10.1. The monoisotopic (exact) mass is 336 g/mol. The highest BCUT2D eigenvalue weighted by atomic mass is 35.5. The van der Waals surface area contributed by atoms with Crippen LogP contribution in [-0.4, -0.2) is 17.2 Å². The zero-order chi connectivity index (χ0) is 16.3. The van der Waals surface area contributed by atoms with Crippen LogP contribution < -0.4 is 5.43 Å². The standard InChI is InChI=1S/C16H14Cl2N2O2/c1-9-5-11(6-10(2)15(9)21)8-19-20-16(22)13-7-12(17)3-4-14(13)18/h3-8,21H,1-2H3,(H,20,22)/b19-8+. The van der Waals surface area contributed by atoms with Crippen LogP contribution in [0.25, 0.3) is 0 Å². The third-order valence-electron chi connectivity index (χ3n) is 3.07. The number of phenolic OH excluding ortho intramolecular Hbond substituents is 1. The van der Waals surface area contributed by atoms with Crippen molar-refractivity contribution in [3.63, 3.8) is 0 Å². The molecule has 2 aromatic rings. The Balaban J connectivity index is 2.12. The Labute approximate surface area is 138 Å². The highest BCUT2D eigenvalue weighted by molar-refractivity contribution is 6.35. The zero-order valence-electron chi connectivity index (χ0n) is 12.0. The molecule has 1 amide bonds. The normalized spacial score (nSPS) is 10.9. The Kier molecular flexibility index (Phi) is 5.06. The number of hydrogen-bond acceptors (Lipinski definition) is 3. The lowest BCUT2D eigenvalue weighted by molar-refractivity contribution is 0.0955. The Bertz CT molecular complexity index is 735. The Morgan fingerprint density at radius 1 is 1.18 bits per heavy atom. The topological polar surface area (TPSA) is 61.7 Å². The van der Waals surface area contributed by atoms with E-state index >= 15 is 0 Å². The second-order valence-electron chi connectivity index (χ2n) is 4.83. The number of carbonyl (C=O) groups excluding carboxylic acids is 1. The van der Waals surface area contributed by atoms with Crippen molar-refractivity contribution < 1.29 is 9.90 Å². The Hall–Kier alpha value is -2.04. The molecule has 114 valence electrons. The predicted octanol–water partition coefficient (Wildman–Crippen LogP) is 4.08. The van der Waals surface area contributed by atoms with Crippen molar-refractivity contribution >= 4 is 35.3 Å². The molecule has 0 saturated heterocycles. The van der Waals surface area contributed by atoms with Gasteiger partial charge in [0.1, 0.15) is 5.75 Å². The molecule has 0 aliphatic heterocycles. The van der Waals surface area contributed by atoms with Gasteiger partial charge in [-0.2, -0.15) is 5.10 Å². The number of aryl methyl sites for hydroxylation is 2. The molecule has 4 nitrogen and oxygen atoms in total. The SMILES string of the molecule is Cc1cc(/C=N/NC(=O)c2cc(Cl)ccc2Cl)cc(C)c1O. The average Bonchev–Trinajstić information content (AvgIpc) is 2.47. The first-order valence-corrected chi connectivity index (χ1v) is 7.22. The maximum atomic E-state index is 12.0. The van der Waals surface area contributed by atoms with Gasteiger partial charge < -0.3 is 5.11 Å². The Morgan fingerprint density at radius 3 is 2.45 bits per heavy atom. The summed E-state index contributed by atoms with van der Waals surface area (Å²) in [6.07, 6.45) is 1.50. The molecule has 2 rings (SSSR count). The summed E-state index contributed by atoms with van der Waals surface area (Å²) >= 11 is 11.8. The number of rotatable bonds is 3. The summed E-state index contributed by atoms with van der Waals surface area (Å²) in [4.78, 5) is 12.0. The van der Waals surface area contributed by atoms with E-state index in [1.807, 2.05) is 0 Å². The molecule has 2 N–H and O–H groups in total. The van der Waals surface area contributed by atoms with Crippen LogP contribution >= 0.6 is 23.2 Å². The first kappa shape index (κ1) is 16.3. The van der Waals surface area contributed by atoms with Gasteiger partial charge in [-0.15, -0.1) is 0 Å². The molecule has 0 radical (unpaired) electrons. The molecule has 0 aliphatic rings. The molecule has 0 spiro atoms. The number of aromatic hydroxyl groups is 1. The summed E-state index contributed by atoms with van der Waals surface area (Å²) < 4.78 is 0. The third-order valence-corrected chi connectivity index (χ3v) is 3.63. The number of hydrogen-bond donors (Lipinski definition) is 2. The van der Waals surface area contributed by atoms with Gasteiger partial charge in [-0.1, -0.05) is 23.2 Å². The summed E-state index contributed by atoms with van der Waals surface area (Å²) in [5, 5.41) is 14.3. The minimum Gasteiger partial charge on any atom is -0.507 e. The van der Waals surface area contributed by atoms with E-state index in [2.05, 4.69) is 10.5 Å². The molecule has 2 aromatic carbocycles. The summed E-state index contributed by atoms with van der Waals surface area (Å²) in [7, 11) is 0. The summed E-state index contributed by atoms with van der Waals surface area (Å²) in [5.41, 5.74) is 4.90. The van der Waals surface area contributed by atoms with Gasteiger partial charge in [0.25, 0.3) is 5.91 Å². The largest absolute Gasteiger partial charge is 0.507 e. The van der Waals surface area contributed by atoms with Crippen molar-refractivity contribution in [2.45, 2.75) is 13.8 Å². The highest BCUT2D eigenvalue weighted by Crippen LogP contribution is 2.22. The molecule has 0 heterocycles. The lowest BCUT2D eigenvalue weighted by Gasteiger charge is -2.05. The summed E-state index contributed by atoms with van der Waals surface area (Å²) in [6, 6.07) is 8.17. The van der Waals surface area contributed by atoms with Gasteiger partial charge in [-0.05, 0) is 60.9 Å². The van der Waals surface area contributed by atoms with Gasteiger partial charge in [-0.25, -0.2) is 5.43 Å². The van der Waals surface area contributed by atoms with Crippen LogP contribution in [0.15, 0.2) is 35.4 Å². The minimum absolute atomic E-state index is 0.254. The predicted molar refractivity (Wildman–Crippen MR) is 89.1 cm³/mol. The number of carbonyl (C=O) groups is 1. The van der Waals surface area contributed by atoms with Crippen LogP contribution in [0, 0.1) is 13.8 Å². The molecular weight excluding hydrogens is 323 g/mol. The number of phenols is 1. The number of nitrogens with zero attached hydrogens (tertiary/aromatic N) is 1. The smallest absolute Gasteiger partial charge is 0.272 e. The van der Waals surface area contributed by atoms with E-state index in [0.29, 0.717) is 10.0 Å². The molecule has 0 aromatic heterocycles. The van der Waals surface area contributed by atoms with Crippen molar-refractivity contribution in [3.05, 3.63) is 62.6 Å². The minimum atomic E-state index is -0.448. The van der Waals surface area contributed by atoms with Crippen LogP contribution in [0.2, 0.25) is 10.0 Å². The number of nitrogens with one attached hydrogen (secondary N) is 1. The van der Waals surface area contributed by atoms with Crippen LogP contribution in [0.4, 0.5) is 0 Å². The molecule has 0 unspecified atom stereocenters. The molecule has 6 heteroatoms. The first-order chi connectivity index (χ1) is 10.4. The number of benzene rings is 2. The van der Waals surface area contributed by atoms with Crippen LogP contribution in [-0.2, 0) is 0 Å². The van der Waals surface area contributed by atoms with Crippen molar-refractivity contribution in [2.24, 2.45) is 5.10 Å². The van der Waals surface area contributed by atoms with E-state index in [1.165, 1.54) is 12.3 Å². The first-order valence-electron chi connectivity index (χ1n) is 6.47. The lowest BCUT2D eigenvalue weighted by Crippen LogP contribution is -2.18. The number of amides is 1. The second-order valence-corrected chi connectivity index (χ2v) is 5.67. The van der Waals surface area contributed by atoms with Gasteiger partial charge in [0.05, 0.1) is 16.8 Å². The summed E-state index contributed by atoms with van der Waals surface area (Å²) in [6.45, 7) is 3.59.